The van der Waals surface area contributed by atoms with Gasteiger partial charge in [-0.25, -0.2) is 0 Å². The lowest BCUT2D eigenvalue weighted by molar-refractivity contribution is -0.188. The highest BCUT2D eigenvalue weighted by molar-refractivity contribution is 5.85. The fourth-order valence-corrected chi connectivity index (χ4v) is 12.5. The second kappa shape index (κ2) is 18.3. The van der Waals surface area contributed by atoms with Crippen molar-refractivity contribution < 1.29 is 47.7 Å². The molecular formula is C52H86O10. The molecule has 0 aliphatic heterocycles. The summed E-state index contributed by atoms with van der Waals surface area (Å²) in [7, 11) is 0. The minimum Gasteiger partial charge on any atom is -0.459 e. The molecule has 5 aliphatic rings. The quantitative estimate of drug-likeness (QED) is 0.0913. The van der Waals surface area contributed by atoms with E-state index in [2.05, 4.69) is 0 Å². The van der Waals surface area contributed by atoms with Crippen LogP contribution in [0, 0.1) is 27.1 Å². The van der Waals surface area contributed by atoms with Gasteiger partial charge in [0.1, 0.15) is 28.0 Å². The number of hydrogen-bond donors (Lipinski definition) is 0. The average molecular weight is 871 g/mol. The molecule has 5 aliphatic carbocycles. The normalized spacial score (nSPS) is 26.3. The molecule has 5 saturated carbocycles. The van der Waals surface area contributed by atoms with Gasteiger partial charge < -0.3 is 23.7 Å². The standard InChI is InChI=1S/C52H86O10/c1-13-44(4,39(54)59-49(9)26-16-17-27-49)35-46(6,41(56)61-51(11)30-20-21-31-51)37-47(7,42(57)62-52(12)32-22-23-33-52)36-45(5,40(55)60-50(10)28-18-19-29-50)34-43(2,3)38(53)58-48(8)24-14-15-25-48/h13-37H2,1-12H3. The van der Waals surface area contributed by atoms with Gasteiger partial charge in [0.2, 0.25) is 0 Å². The second-order valence-electron chi connectivity index (χ2n) is 24.4. The summed E-state index contributed by atoms with van der Waals surface area (Å²) in [5.74, 6) is -2.19. The topological polar surface area (TPSA) is 132 Å². The predicted molar refractivity (Wildman–Crippen MR) is 240 cm³/mol. The summed E-state index contributed by atoms with van der Waals surface area (Å²) in [6.45, 7) is 22.8. The van der Waals surface area contributed by atoms with Crippen LogP contribution < -0.4 is 0 Å². The van der Waals surface area contributed by atoms with Crippen LogP contribution >= 0.6 is 0 Å². The zero-order valence-electron chi connectivity index (χ0n) is 41.3. The Labute approximate surface area is 375 Å². The molecule has 0 aromatic heterocycles. The first kappa shape index (κ1) is 50.4. The lowest BCUT2D eigenvalue weighted by Gasteiger charge is -2.46. The van der Waals surface area contributed by atoms with Crippen molar-refractivity contribution in [1.29, 1.82) is 0 Å². The Hall–Kier alpha value is -2.65. The first-order valence-electron chi connectivity index (χ1n) is 24.7. The summed E-state index contributed by atoms with van der Waals surface area (Å²) in [4.78, 5) is 74.3. The van der Waals surface area contributed by atoms with Gasteiger partial charge in [-0.1, -0.05) is 6.92 Å². The number of ether oxygens (including phenoxy) is 5. The average Bonchev–Trinajstić information content (AvgIpc) is 4.03. The molecule has 4 atom stereocenters. The lowest BCUT2D eigenvalue weighted by atomic mass is 9.59. The monoisotopic (exact) mass is 871 g/mol. The van der Waals surface area contributed by atoms with Gasteiger partial charge in [-0.2, -0.15) is 0 Å². The van der Waals surface area contributed by atoms with Crippen molar-refractivity contribution in [2.45, 2.75) is 272 Å². The van der Waals surface area contributed by atoms with Gasteiger partial charge in [0.05, 0.1) is 27.1 Å². The number of rotatable bonds is 19. The number of esters is 5. The molecule has 0 spiro atoms. The van der Waals surface area contributed by atoms with Crippen LogP contribution in [0.4, 0.5) is 0 Å². The van der Waals surface area contributed by atoms with E-state index in [-0.39, 0.29) is 37.6 Å². The van der Waals surface area contributed by atoms with Gasteiger partial charge in [-0.05, 0) is 237 Å². The molecule has 5 rings (SSSR count). The van der Waals surface area contributed by atoms with Gasteiger partial charge in [0.15, 0.2) is 0 Å². The summed E-state index contributed by atoms with van der Waals surface area (Å²) < 4.78 is 32.2. The summed E-state index contributed by atoms with van der Waals surface area (Å²) in [6, 6.07) is 0. The van der Waals surface area contributed by atoms with Gasteiger partial charge in [0.25, 0.3) is 0 Å². The van der Waals surface area contributed by atoms with Crippen LogP contribution in [0.5, 0.6) is 0 Å². The first-order chi connectivity index (χ1) is 28.6. The van der Waals surface area contributed by atoms with Gasteiger partial charge >= 0.3 is 29.8 Å². The summed E-state index contributed by atoms with van der Waals surface area (Å²) in [5.41, 5.74) is -9.72. The Bertz CT molecular complexity index is 1630. The molecule has 0 bridgehead atoms. The molecule has 0 aromatic carbocycles. The highest BCUT2D eigenvalue weighted by Crippen LogP contribution is 2.55. The molecule has 0 heterocycles. The highest BCUT2D eigenvalue weighted by atomic mass is 16.6. The summed E-state index contributed by atoms with van der Waals surface area (Å²) in [5, 5.41) is 0. The summed E-state index contributed by atoms with van der Waals surface area (Å²) in [6.07, 6.45) is 17.4. The zero-order chi connectivity index (χ0) is 46.1. The molecule has 0 radical (unpaired) electrons. The molecule has 0 aromatic rings. The Morgan fingerprint density at radius 2 is 0.532 bits per heavy atom. The molecule has 62 heavy (non-hydrogen) atoms. The van der Waals surface area contributed by atoms with Gasteiger partial charge in [0, 0.05) is 0 Å². The van der Waals surface area contributed by atoms with Crippen molar-refractivity contribution in [3.63, 3.8) is 0 Å². The molecule has 4 unspecified atom stereocenters. The predicted octanol–water partition coefficient (Wildman–Crippen LogP) is 12.4. The van der Waals surface area contributed by atoms with Crippen LogP contribution in [0.3, 0.4) is 0 Å². The molecule has 10 heteroatoms. The molecule has 0 N–H and O–H groups in total. The van der Waals surface area contributed by atoms with Crippen molar-refractivity contribution in [1.82, 2.24) is 0 Å². The molecule has 354 valence electrons. The van der Waals surface area contributed by atoms with Crippen molar-refractivity contribution >= 4 is 29.8 Å². The Morgan fingerprint density at radius 1 is 0.339 bits per heavy atom. The van der Waals surface area contributed by atoms with Crippen molar-refractivity contribution in [3.05, 3.63) is 0 Å². The molecule has 10 nitrogen and oxygen atoms in total. The fraction of sp³-hybridized carbons (Fsp3) is 0.904. The third kappa shape index (κ3) is 11.8. The number of hydrogen-bond acceptors (Lipinski definition) is 10. The maximum Gasteiger partial charge on any atom is 0.312 e. The Kier molecular flexibility index (Phi) is 14.9. The van der Waals surface area contributed by atoms with E-state index >= 15 is 14.4 Å². The smallest absolute Gasteiger partial charge is 0.312 e. The van der Waals surface area contributed by atoms with E-state index in [0.29, 0.717) is 19.3 Å². The highest BCUT2D eigenvalue weighted by Gasteiger charge is 2.58. The molecule has 5 fully saturated rings. The maximum atomic E-state index is 15.3. The van der Waals surface area contributed by atoms with E-state index in [9.17, 15) is 9.59 Å². The fourth-order valence-electron chi connectivity index (χ4n) is 12.5. The van der Waals surface area contributed by atoms with Crippen molar-refractivity contribution in [2.24, 2.45) is 27.1 Å². The van der Waals surface area contributed by atoms with E-state index in [1.54, 1.807) is 0 Å². The molecule has 0 saturated heterocycles. The van der Waals surface area contributed by atoms with E-state index in [1.807, 2.05) is 83.1 Å². The largest absolute Gasteiger partial charge is 0.459 e. The lowest BCUT2D eigenvalue weighted by Crippen LogP contribution is -2.51. The molecular weight excluding hydrogens is 785 g/mol. The Balaban J connectivity index is 1.60. The van der Waals surface area contributed by atoms with Crippen LogP contribution in [0.2, 0.25) is 0 Å². The van der Waals surface area contributed by atoms with Crippen LogP contribution in [-0.4, -0.2) is 57.9 Å². The van der Waals surface area contributed by atoms with E-state index in [0.717, 1.165) is 116 Å². The first-order valence-corrected chi connectivity index (χ1v) is 24.7. The van der Waals surface area contributed by atoms with E-state index < -0.39 is 73.0 Å². The SMILES string of the molecule is CCC(C)(CC(C)(CC(C)(CC(C)(CC(C)(C)C(=O)OC1(C)CCCC1)C(=O)OC1(C)CCCC1)C(=O)OC1(C)CCCC1)C(=O)OC1(C)CCCC1)C(=O)OC1(C)CCCC1. The summed E-state index contributed by atoms with van der Waals surface area (Å²) >= 11 is 0. The molecule has 0 amide bonds. The van der Waals surface area contributed by atoms with E-state index in [1.165, 1.54) is 0 Å². The number of carbonyl (C=O) groups is 5. The van der Waals surface area contributed by atoms with Crippen molar-refractivity contribution in [3.8, 4) is 0 Å². The van der Waals surface area contributed by atoms with Crippen LogP contribution in [0.25, 0.3) is 0 Å². The van der Waals surface area contributed by atoms with Crippen LogP contribution in [0.15, 0.2) is 0 Å². The Morgan fingerprint density at radius 3 is 0.774 bits per heavy atom. The van der Waals surface area contributed by atoms with Crippen LogP contribution in [-0.2, 0) is 47.7 Å². The third-order valence-electron chi connectivity index (χ3n) is 16.5. The number of carbonyl (C=O) groups excluding carboxylic acids is 5. The van der Waals surface area contributed by atoms with Gasteiger partial charge in [-0.3, -0.25) is 24.0 Å². The second-order valence-corrected chi connectivity index (χ2v) is 24.4. The van der Waals surface area contributed by atoms with E-state index in [4.69, 9.17) is 23.7 Å². The van der Waals surface area contributed by atoms with Gasteiger partial charge in [-0.15, -0.1) is 0 Å². The third-order valence-corrected chi connectivity index (χ3v) is 16.5. The van der Waals surface area contributed by atoms with Crippen LogP contribution in [0.1, 0.15) is 244 Å². The zero-order valence-corrected chi connectivity index (χ0v) is 41.3. The minimum atomic E-state index is -1.48. The minimum absolute atomic E-state index is 0.0424. The van der Waals surface area contributed by atoms with Crippen molar-refractivity contribution in [2.75, 3.05) is 0 Å². The maximum absolute atomic E-state index is 15.3.